The Labute approximate surface area is 126 Å². The van der Waals surface area contributed by atoms with Gasteiger partial charge < -0.3 is 9.16 Å². The SMILES string of the molecule is COC(CO[Si](C)(C)C(C)(C)C)c1cc([N+](=O)[O-])ccn1. The molecule has 0 saturated heterocycles. The van der Waals surface area contributed by atoms with Crippen molar-refractivity contribution in [3.8, 4) is 0 Å². The summed E-state index contributed by atoms with van der Waals surface area (Å²) in [5.41, 5.74) is 0.528. The zero-order valence-electron chi connectivity index (χ0n) is 13.5. The zero-order valence-corrected chi connectivity index (χ0v) is 14.5. The molecule has 118 valence electrons. The van der Waals surface area contributed by atoms with Crippen LogP contribution in [0.5, 0.6) is 0 Å². The minimum absolute atomic E-state index is 0.00868. The summed E-state index contributed by atoms with van der Waals surface area (Å²) >= 11 is 0. The van der Waals surface area contributed by atoms with E-state index in [4.69, 9.17) is 9.16 Å². The van der Waals surface area contributed by atoms with Gasteiger partial charge in [0.25, 0.3) is 5.69 Å². The van der Waals surface area contributed by atoms with E-state index in [1.165, 1.54) is 18.3 Å². The normalized spacial score (nSPS) is 14.0. The number of aromatic nitrogens is 1. The van der Waals surface area contributed by atoms with E-state index in [2.05, 4.69) is 38.8 Å². The molecule has 1 aromatic rings. The van der Waals surface area contributed by atoms with Crippen molar-refractivity contribution in [2.75, 3.05) is 13.7 Å². The van der Waals surface area contributed by atoms with Gasteiger partial charge >= 0.3 is 0 Å². The first-order valence-corrected chi connectivity index (χ1v) is 9.76. The van der Waals surface area contributed by atoms with Crippen molar-refractivity contribution in [1.29, 1.82) is 0 Å². The molecule has 0 saturated carbocycles. The molecule has 1 unspecified atom stereocenters. The average molecular weight is 312 g/mol. The molecule has 0 aliphatic carbocycles. The second-order valence-corrected chi connectivity index (χ2v) is 11.3. The van der Waals surface area contributed by atoms with Crippen LogP contribution in [0.15, 0.2) is 18.3 Å². The number of rotatable bonds is 6. The van der Waals surface area contributed by atoms with Gasteiger partial charge in [0.1, 0.15) is 6.10 Å². The minimum atomic E-state index is -1.89. The van der Waals surface area contributed by atoms with Crippen molar-refractivity contribution in [1.82, 2.24) is 4.98 Å². The van der Waals surface area contributed by atoms with Crippen LogP contribution in [-0.4, -0.2) is 31.9 Å². The van der Waals surface area contributed by atoms with Gasteiger partial charge in [-0.2, -0.15) is 0 Å². The third-order valence-electron chi connectivity index (χ3n) is 3.99. The summed E-state index contributed by atoms with van der Waals surface area (Å²) in [5.74, 6) is 0. The van der Waals surface area contributed by atoms with Crippen molar-refractivity contribution in [2.24, 2.45) is 0 Å². The van der Waals surface area contributed by atoms with E-state index in [-0.39, 0.29) is 10.7 Å². The standard InChI is InChI=1S/C14H24N2O4Si/c1-14(2,3)21(5,6)20-10-13(19-4)12-9-11(16(17)18)7-8-15-12/h7-9,13H,10H2,1-6H3. The third-order valence-corrected chi connectivity index (χ3v) is 8.49. The number of nitro groups is 1. The molecule has 1 atom stereocenters. The van der Waals surface area contributed by atoms with Gasteiger partial charge in [0.05, 0.1) is 17.2 Å². The molecule has 1 rings (SSSR count). The molecule has 1 aromatic heterocycles. The second-order valence-electron chi connectivity index (χ2n) is 6.49. The Balaban J connectivity index is 2.85. The fourth-order valence-electron chi connectivity index (χ4n) is 1.50. The molecular weight excluding hydrogens is 288 g/mol. The zero-order chi connectivity index (χ0) is 16.3. The maximum Gasteiger partial charge on any atom is 0.272 e. The predicted molar refractivity (Wildman–Crippen MR) is 83.8 cm³/mol. The molecule has 1 heterocycles. The molecule has 0 aliphatic heterocycles. The molecular formula is C14H24N2O4Si. The van der Waals surface area contributed by atoms with Gasteiger partial charge in [-0.05, 0) is 18.1 Å². The maximum atomic E-state index is 10.8. The van der Waals surface area contributed by atoms with Crippen LogP contribution in [-0.2, 0) is 9.16 Å². The average Bonchev–Trinajstić information content (AvgIpc) is 2.38. The fourth-order valence-corrected chi connectivity index (χ4v) is 2.50. The minimum Gasteiger partial charge on any atom is -0.414 e. The van der Waals surface area contributed by atoms with Crippen LogP contribution >= 0.6 is 0 Å². The van der Waals surface area contributed by atoms with Crippen LogP contribution in [0, 0.1) is 10.1 Å². The van der Waals surface area contributed by atoms with Crippen LogP contribution in [0.3, 0.4) is 0 Å². The highest BCUT2D eigenvalue weighted by Gasteiger charge is 2.37. The Hall–Kier alpha value is -1.31. The number of pyridine rings is 1. The first-order chi connectivity index (χ1) is 9.58. The van der Waals surface area contributed by atoms with Crippen molar-refractivity contribution >= 4 is 14.0 Å². The van der Waals surface area contributed by atoms with E-state index >= 15 is 0 Å². The van der Waals surface area contributed by atoms with Gasteiger partial charge in [0.15, 0.2) is 8.32 Å². The summed E-state index contributed by atoms with van der Waals surface area (Å²) in [5, 5.41) is 10.9. The number of nitrogens with zero attached hydrogens (tertiary/aromatic N) is 2. The predicted octanol–water partition coefficient (Wildman–Crippen LogP) is 3.70. The van der Waals surface area contributed by atoms with Crippen LogP contribution in [0.25, 0.3) is 0 Å². The third kappa shape index (κ3) is 4.59. The molecule has 21 heavy (non-hydrogen) atoms. The van der Waals surface area contributed by atoms with Crippen molar-refractivity contribution < 1.29 is 14.1 Å². The molecule has 0 N–H and O–H groups in total. The van der Waals surface area contributed by atoms with Gasteiger partial charge in [-0.15, -0.1) is 0 Å². The fraction of sp³-hybridized carbons (Fsp3) is 0.643. The van der Waals surface area contributed by atoms with Crippen LogP contribution < -0.4 is 0 Å². The number of ether oxygens (including phenoxy) is 1. The van der Waals surface area contributed by atoms with Crippen LogP contribution in [0.4, 0.5) is 5.69 Å². The number of hydrogen-bond acceptors (Lipinski definition) is 5. The van der Waals surface area contributed by atoms with Gasteiger partial charge in [-0.1, -0.05) is 20.8 Å². The monoisotopic (exact) mass is 312 g/mol. The van der Waals surface area contributed by atoms with E-state index in [0.717, 1.165) is 0 Å². The topological polar surface area (TPSA) is 74.5 Å². The lowest BCUT2D eigenvalue weighted by Crippen LogP contribution is -2.41. The quantitative estimate of drug-likeness (QED) is 0.455. The summed E-state index contributed by atoms with van der Waals surface area (Å²) in [6.45, 7) is 11.1. The molecule has 0 fully saturated rings. The smallest absolute Gasteiger partial charge is 0.272 e. The summed E-state index contributed by atoms with van der Waals surface area (Å²) in [6, 6.07) is 2.80. The summed E-state index contributed by atoms with van der Waals surface area (Å²) in [4.78, 5) is 14.5. The number of hydrogen-bond donors (Lipinski definition) is 0. The maximum absolute atomic E-state index is 10.8. The summed E-state index contributed by atoms with van der Waals surface area (Å²) in [7, 11) is -0.338. The van der Waals surface area contributed by atoms with E-state index in [0.29, 0.717) is 12.3 Å². The molecule has 7 heteroatoms. The van der Waals surface area contributed by atoms with E-state index in [1.807, 2.05) is 0 Å². The summed E-state index contributed by atoms with van der Waals surface area (Å²) < 4.78 is 11.5. The Bertz CT molecular complexity index is 500. The van der Waals surface area contributed by atoms with Crippen LogP contribution in [0.1, 0.15) is 32.6 Å². The molecule has 0 aromatic carbocycles. The van der Waals surface area contributed by atoms with E-state index in [9.17, 15) is 10.1 Å². The second kappa shape index (κ2) is 6.63. The molecule has 0 bridgehead atoms. The number of methoxy groups -OCH3 is 1. The van der Waals surface area contributed by atoms with Gasteiger partial charge in [-0.25, -0.2) is 0 Å². The molecule has 0 amide bonds. The van der Waals surface area contributed by atoms with Crippen LogP contribution in [0.2, 0.25) is 18.1 Å². The highest BCUT2D eigenvalue weighted by Crippen LogP contribution is 2.37. The van der Waals surface area contributed by atoms with Gasteiger partial charge in [0, 0.05) is 25.4 Å². The van der Waals surface area contributed by atoms with Crippen molar-refractivity contribution in [3.05, 3.63) is 34.1 Å². The Morgan fingerprint density at radius 1 is 1.43 bits per heavy atom. The lowest BCUT2D eigenvalue weighted by Gasteiger charge is -2.37. The summed E-state index contributed by atoms with van der Waals surface area (Å²) in [6.07, 6.45) is 1.02. The van der Waals surface area contributed by atoms with Gasteiger partial charge in [0.2, 0.25) is 0 Å². The Kier molecular flexibility index (Phi) is 5.60. The lowest BCUT2D eigenvalue weighted by atomic mass is 10.2. The van der Waals surface area contributed by atoms with E-state index < -0.39 is 19.3 Å². The highest BCUT2D eigenvalue weighted by atomic mass is 28.4. The molecule has 0 spiro atoms. The van der Waals surface area contributed by atoms with Gasteiger partial charge in [-0.3, -0.25) is 15.1 Å². The van der Waals surface area contributed by atoms with Crippen molar-refractivity contribution in [2.45, 2.75) is 45.0 Å². The Morgan fingerprint density at radius 3 is 2.52 bits per heavy atom. The molecule has 0 aliphatic rings. The highest BCUT2D eigenvalue weighted by molar-refractivity contribution is 6.74. The molecule has 6 nitrogen and oxygen atoms in total. The largest absolute Gasteiger partial charge is 0.414 e. The first kappa shape index (κ1) is 17.7. The van der Waals surface area contributed by atoms with E-state index in [1.54, 1.807) is 7.11 Å². The molecule has 0 radical (unpaired) electrons. The lowest BCUT2D eigenvalue weighted by molar-refractivity contribution is -0.385. The first-order valence-electron chi connectivity index (χ1n) is 6.85. The van der Waals surface area contributed by atoms with Crippen molar-refractivity contribution in [3.63, 3.8) is 0 Å². The Morgan fingerprint density at radius 2 is 2.05 bits per heavy atom.